The molecule has 326 valence electrons. The minimum Gasteiger partial charge on any atom is -0.467 e. The van der Waals surface area contributed by atoms with E-state index in [0.717, 1.165) is 68.2 Å². The summed E-state index contributed by atoms with van der Waals surface area (Å²) in [5, 5.41) is 22.6. The van der Waals surface area contributed by atoms with Crippen LogP contribution in [0.15, 0.2) is 54.0 Å². The highest BCUT2D eigenvalue weighted by molar-refractivity contribution is 5.83. The number of benzene rings is 1. The summed E-state index contributed by atoms with van der Waals surface area (Å²) in [5.41, 5.74) is 5.20. The Morgan fingerprint density at radius 2 is 1.71 bits per heavy atom. The summed E-state index contributed by atoms with van der Waals surface area (Å²) < 4.78 is 5.04. The Bertz CT molecular complexity index is 1530. The number of hydrogen-bond donors (Lipinski definition) is 7. The van der Waals surface area contributed by atoms with Crippen molar-refractivity contribution in [2.24, 2.45) is 28.9 Å². The third-order valence-corrected chi connectivity index (χ3v) is 11.2. The molecule has 2 aromatic rings. The Morgan fingerprint density at radius 1 is 1.02 bits per heavy atom. The molecule has 2 atom stereocenters. The Morgan fingerprint density at radius 3 is 2.28 bits per heavy atom. The van der Waals surface area contributed by atoms with Gasteiger partial charge in [0.2, 0.25) is 18.2 Å². The molecule has 5 rings (SSSR count). The third-order valence-electron chi connectivity index (χ3n) is 11.2. The fourth-order valence-corrected chi connectivity index (χ4v) is 7.95. The molecule has 13 heteroatoms. The van der Waals surface area contributed by atoms with Crippen LogP contribution in [0.1, 0.15) is 128 Å². The molecule has 1 aromatic carbocycles. The van der Waals surface area contributed by atoms with Crippen LogP contribution in [0.4, 0.5) is 0 Å². The first-order valence-corrected chi connectivity index (χ1v) is 21.2. The molecule has 3 saturated carbocycles. The molecule has 3 aliphatic rings. The van der Waals surface area contributed by atoms with Crippen LogP contribution in [-0.2, 0) is 23.9 Å². The molecule has 13 nitrogen and oxygen atoms in total. The first-order chi connectivity index (χ1) is 28.2. The molecule has 58 heavy (non-hydrogen) atoms. The van der Waals surface area contributed by atoms with Crippen molar-refractivity contribution in [2.45, 2.75) is 129 Å². The van der Waals surface area contributed by atoms with Gasteiger partial charge in [-0.15, -0.1) is 6.58 Å². The maximum Gasteiger partial charge on any atom is 0.293 e. The highest BCUT2D eigenvalue weighted by atomic mass is 17.0. The van der Waals surface area contributed by atoms with E-state index >= 15 is 0 Å². The van der Waals surface area contributed by atoms with Crippen molar-refractivity contribution in [2.75, 3.05) is 27.2 Å². The summed E-state index contributed by atoms with van der Waals surface area (Å²) in [6.45, 7) is 7.69. The van der Waals surface area contributed by atoms with E-state index in [2.05, 4.69) is 46.2 Å². The molecule has 8 N–H and O–H groups in total. The second-order valence-corrected chi connectivity index (χ2v) is 15.5. The van der Waals surface area contributed by atoms with Crippen LogP contribution in [0.25, 0.3) is 16.8 Å². The number of allylic oxidation sites excluding steroid dienone is 2. The molecule has 1 aromatic heterocycles. The predicted molar refractivity (Wildman–Crippen MR) is 233 cm³/mol. The van der Waals surface area contributed by atoms with Crippen LogP contribution in [-0.4, -0.2) is 73.5 Å². The lowest BCUT2D eigenvalue weighted by Gasteiger charge is -2.29. The van der Waals surface area contributed by atoms with Crippen molar-refractivity contribution >= 4 is 41.5 Å². The van der Waals surface area contributed by atoms with Gasteiger partial charge in [0, 0.05) is 36.5 Å². The summed E-state index contributed by atoms with van der Waals surface area (Å²) in [7, 11) is 3.55. The van der Waals surface area contributed by atoms with Gasteiger partial charge in [0.1, 0.15) is 0 Å². The highest BCUT2D eigenvalue weighted by Gasteiger charge is 2.33. The lowest BCUT2D eigenvalue weighted by Crippen LogP contribution is -2.48. The monoisotopic (exact) mass is 812 g/mol. The van der Waals surface area contributed by atoms with E-state index in [1.807, 2.05) is 37.4 Å². The smallest absolute Gasteiger partial charge is 0.293 e. The fourth-order valence-electron chi connectivity index (χ4n) is 7.95. The number of aromatic nitrogens is 1. The Labute approximate surface area is 346 Å². The number of amides is 3. The molecule has 0 radical (unpaired) electrons. The van der Waals surface area contributed by atoms with Crippen LogP contribution in [0, 0.1) is 23.2 Å². The molecule has 0 saturated heterocycles. The zero-order valence-corrected chi connectivity index (χ0v) is 35.4. The van der Waals surface area contributed by atoms with Gasteiger partial charge in [0.15, 0.2) is 0 Å². The molecule has 1 heterocycles. The van der Waals surface area contributed by atoms with E-state index in [4.69, 9.17) is 20.0 Å². The van der Waals surface area contributed by atoms with Gasteiger partial charge in [-0.25, -0.2) is 0 Å². The minimum absolute atomic E-state index is 0.00417. The Hall–Kier alpha value is -4.33. The summed E-state index contributed by atoms with van der Waals surface area (Å²) >= 11 is 0. The van der Waals surface area contributed by atoms with Gasteiger partial charge in [-0.05, 0) is 93.3 Å². The quantitative estimate of drug-likeness (QED) is 0.0248. The van der Waals surface area contributed by atoms with E-state index in [1.54, 1.807) is 19.3 Å². The molecule has 3 aliphatic carbocycles. The Kier molecular flexibility index (Phi) is 28.2. The van der Waals surface area contributed by atoms with Crippen molar-refractivity contribution in [3.8, 4) is 0 Å². The molecular formula is C45H73N5O8. The van der Waals surface area contributed by atoms with E-state index in [9.17, 15) is 19.2 Å². The first kappa shape index (κ1) is 51.7. The van der Waals surface area contributed by atoms with Crippen LogP contribution >= 0.6 is 0 Å². The van der Waals surface area contributed by atoms with E-state index < -0.39 is 0 Å². The molecule has 0 bridgehead atoms. The van der Waals surface area contributed by atoms with Crippen LogP contribution in [0.3, 0.4) is 0 Å². The number of pyridine rings is 1. The van der Waals surface area contributed by atoms with Gasteiger partial charge in [0.25, 0.3) is 12.0 Å². The largest absolute Gasteiger partial charge is 0.467 e. The standard InChI is InChI=1S/C19H35N3O2.C19H21NO3.C6H12.CH3NO.H2O2/c1-4-10-16(18(23)21-3)13-8-9-14-22-19(24)17(20-2)15-11-6-5-7-12-15;21-14-23-13-19(8-1-2-9-19)10-3-4-15-5-6-16-7-11-20-18(22)17(16)12-15;1-2-3-6-4-5-6;2-1-3;1-2/h4,15-17,20H,1,5-14H2,2-3H3,(H,21,23)(H,22,24);3-7,11-12,14H,1-2,8-10,13H2,(H,20,22);6H,2-5H2,1H3;1H,(H2,2,3);1-2H/b;4-3+;;;/t16?,17-;;;;/m0..../s1. The highest BCUT2D eigenvalue weighted by Crippen LogP contribution is 2.41. The van der Waals surface area contributed by atoms with E-state index in [-0.39, 0.29) is 41.2 Å². The van der Waals surface area contributed by atoms with Crippen molar-refractivity contribution in [1.29, 1.82) is 0 Å². The number of carbonyl (C=O) groups excluding carboxylic acids is 4. The maximum absolute atomic E-state index is 12.4. The summed E-state index contributed by atoms with van der Waals surface area (Å²) in [6, 6.07) is 7.72. The number of unbranched alkanes of at least 4 members (excludes halogenated alkanes) is 1. The number of likely N-dealkylation sites (N-methyl/N-ethyl adjacent to an activating group) is 1. The molecular weight excluding hydrogens is 739 g/mol. The molecule has 0 aliphatic heterocycles. The lowest BCUT2D eigenvalue weighted by molar-refractivity contribution is -0.176. The van der Waals surface area contributed by atoms with Gasteiger partial charge in [0.05, 0.1) is 12.6 Å². The number of rotatable bonds is 19. The minimum atomic E-state index is -0.0654. The average Bonchev–Trinajstić information content (AvgIpc) is 3.95. The molecule has 1 unspecified atom stereocenters. The lowest BCUT2D eigenvalue weighted by atomic mass is 9.83. The number of aromatic amines is 1. The summed E-state index contributed by atoms with van der Waals surface area (Å²) in [6.07, 6.45) is 28.7. The van der Waals surface area contributed by atoms with Crippen molar-refractivity contribution in [1.82, 2.24) is 20.9 Å². The number of nitrogens with one attached hydrogen (secondary N) is 4. The number of ether oxygens (including phenoxy) is 1. The number of H-pyrrole nitrogens is 1. The number of primary amides is 1. The number of carbonyl (C=O) groups is 4. The van der Waals surface area contributed by atoms with Crippen LogP contribution < -0.4 is 27.2 Å². The van der Waals surface area contributed by atoms with Gasteiger partial charge in [-0.1, -0.05) is 101 Å². The zero-order chi connectivity index (χ0) is 43.0. The summed E-state index contributed by atoms with van der Waals surface area (Å²) in [4.78, 5) is 57.7. The van der Waals surface area contributed by atoms with E-state index in [0.29, 0.717) is 37.3 Å². The Balaban J connectivity index is 0.000000461. The van der Waals surface area contributed by atoms with Crippen molar-refractivity contribution in [3.63, 3.8) is 0 Å². The van der Waals surface area contributed by atoms with Gasteiger partial charge < -0.3 is 31.4 Å². The zero-order valence-electron chi connectivity index (χ0n) is 35.4. The molecule has 3 fully saturated rings. The second kappa shape index (κ2) is 31.6. The topological polar surface area (TPSA) is 213 Å². The SMILES string of the molecule is C=CCC(CCCCNC(=O)[C@@H](NC)C1CCCCC1)C(=O)NC.CCCC1CC1.NC=O.O=COCC1(C/C=C/c2ccc3cc[nH]c(=O)c3c2)CCCC1.OO. The van der Waals surface area contributed by atoms with Crippen LogP contribution in [0.2, 0.25) is 0 Å². The third kappa shape index (κ3) is 20.4. The molecule has 3 amide bonds. The fraction of sp³-hybridized carbons (Fsp3) is 0.622. The second-order valence-electron chi connectivity index (χ2n) is 15.5. The summed E-state index contributed by atoms with van der Waals surface area (Å²) in [5.74, 6) is 1.81. The predicted octanol–water partition coefficient (Wildman–Crippen LogP) is 7.36. The first-order valence-electron chi connectivity index (χ1n) is 21.2. The van der Waals surface area contributed by atoms with E-state index in [1.165, 1.54) is 57.8 Å². The van der Waals surface area contributed by atoms with Gasteiger partial charge >= 0.3 is 0 Å². The van der Waals surface area contributed by atoms with Crippen LogP contribution in [0.5, 0.6) is 0 Å². The maximum atomic E-state index is 12.4. The molecule has 0 spiro atoms. The number of hydrogen-bond acceptors (Lipinski definition) is 9. The average molecular weight is 812 g/mol. The van der Waals surface area contributed by atoms with Crippen molar-refractivity contribution < 1.29 is 34.4 Å². The number of fused-ring (bicyclic) bond motifs is 1. The van der Waals surface area contributed by atoms with Gasteiger partial charge in [-0.2, -0.15) is 0 Å². The normalized spacial score (nSPS) is 16.6. The van der Waals surface area contributed by atoms with Crippen molar-refractivity contribution in [3.05, 3.63) is 65.1 Å². The number of nitrogens with two attached hydrogens (primary N) is 1. The van der Waals surface area contributed by atoms with Gasteiger partial charge in [-0.3, -0.25) is 34.5 Å².